The topological polar surface area (TPSA) is 143 Å². The van der Waals surface area contributed by atoms with E-state index in [0.717, 1.165) is 11.6 Å². The number of anilines is 1. The van der Waals surface area contributed by atoms with Crippen LogP contribution in [0.1, 0.15) is 26.3 Å². The van der Waals surface area contributed by atoms with Crippen molar-refractivity contribution in [2.45, 2.75) is 33.3 Å². The van der Waals surface area contributed by atoms with Crippen LogP contribution in [-0.2, 0) is 4.74 Å². The number of hydrogen-bond donors (Lipinski definition) is 1. The molecule has 0 atom stereocenters. The molecule has 1 N–H and O–H groups in total. The molecule has 2 aromatic carbocycles. The maximum absolute atomic E-state index is 11.8. The van der Waals surface area contributed by atoms with E-state index in [0.29, 0.717) is 0 Å². The van der Waals surface area contributed by atoms with E-state index in [9.17, 15) is 25.0 Å². The normalized spacial score (nSPS) is 10.8. The van der Waals surface area contributed by atoms with E-state index < -0.39 is 21.5 Å². The number of nitrogens with one attached hydrogen (secondary N) is 1. The van der Waals surface area contributed by atoms with Crippen molar-refractivity contribution in [3.63, 3.8) is 0 Å². The van der Waals surface area contributed by atoms with Gasteiger partial charge in [0.25, 0.3) is 0 Å². The lowest BCUT2D eigenvalue weighted by molar-refractivity contribution is -0.386. The standard InChI is InChI=1S/C20H23N3O8/c1-13-5-7-15(22(25)26)18(11-13)30-10-9-29-17-8-6-14(12-16(17)23(27)28)21-19(24)31-20(2,3)4/h5-8,11-12H,9-10H2,1-4H3,(H,21,24). The molecule has 11 nitrogen and oxygen atoms in total. The Kier molecular flexibility index (Phi) is 7.35. The zero-order valence-corrected chi connectivity index (χ0v) is 17.5. The van der Waals surface area contributed by atoms with Crippen LogP contribution in [0.15, 0.2) is 36.4 Å². The molecule has 0 spiro atoms. The van der Waals surface area contributed by atoms with Crippen LogP contribution in [0, 0.1) is 27.2 Å². The van der Waals surface area contributed by atoms with Crippen molar-refractivity contribution in [1.29, 1.82) is 0 Å². The third-order valence-corrected chi connectivity index (χ3v) is 3.71. The van der Waals surface area contributed by atoms with Crippen LogP contribution in [0.5, 0.6) is 11.5 Å². The van der Waals surface area contributed by atoms with Crippen molar-refractivity contribution in [2.24, 2.45) is 0 Å². The van der Waals surface area contributed by atoms with Crippen LogP contribution in [0.3, 0.4) is 0 Å². The maximum Gasteiger partial charge on any atom is 0.412 e. The number of ether oxygens (including phenoxy) is 3. The lowest BCUT2D eigenvalue weighted by atomic mass is 10.2. The summed E-state index contributed by atoms with van der Waals surface area (Å²) < 4.78 is 15.9. The Bertz CT molecular complexity index is 985. The highest BCUT2D eigenvalue weighted by Gasteiger charge is 2.20. The van der Waals surface area contributed by atoms with Crippen LogP contribution >= 0.6 is 0 Å². The van der Waals surface area contributed by atoms with Crippen LogP contribution < -0.4 is 14.8 Å². The molecule has 0 aliphatic carbocycles. The van der Waals surface area contributed by atoms with E-state index in [1.54, 1.807) is 33.8 Å². The number of benzene rings is 2. The molecular formula is C20H23N3O8. The minimum absolute atomic E-state index is 0.0397. The van der Waals surface area contributed by atoms with Gasteiger partial charge in [0.15, 0.2) is 11.5 Å². The van der Waals surface area contributed by atoms with Gasteiger partial charge in [0.05, 0.1) is 15.5 Å². The summed E-state index contributed by atoms with van der Waals surface area (Å²) in [4.78, 5) is 33.1. The molecule has 0 saturated carbocycles. The lowest BCUT2D eigenvalue weighted by Gasteiger charge is -2.19. The quantitative estimate of drug-likeness (QED) is 0.361. The minimum atomic E-state index is -0.747. The summed E-state index contributed by atoms with van der Waals surface area (Å²) >= 11 is 0. The summed E-state index contributed by atoms with van der Waals surface area (Å²) in [5, 5.41) is 24.9. The maximum atomic E-state index is 11.8. The monoisotopic (exact) mass is 433 g/mol. The molecule has 0 fully saturated rings. The molecule has 11 heteroatoms. The third-order valence-electron chi connectivity index (χ3n) is 3.71. The van der Waals surface area contributed by atoms with Crippen LogP contribution in [-0.4, -0.2) is 34.8 Å². The fourth-order valence-electron chi connectivity index (χ4n) is 2.47. The summed E-state index contributed by atoms with van der Waals surface area (Å²) in [6, 6.07) is 8.37. The average molecular weight is 433 g/mol. The van der Waals surface area contributed by atoms with E-state index in [4.69, 9.17) is 14.2 Å². The molecule has 0 saturated heterocycles. The largest absolute Gasteiger partial charge is 0.483 e. The van der Waals surface area contributed by atoms with Crippen LogP contribution in [0.2, 0.25) is 0 Å². The Balaban J connectivity index is 2.02. The minimum Gasteiger partial charge on any atom is -0.483 e. The van der Waals surface area contributed by atoms with Crippen molar-refractivity contribution in [3.8, 4) is 11.5 Å². The highest BCUT2D eigenvalue weighted by Crippen LogP contribution is 2.31. The number of carbonyl (C=O) groups is 1. The molecule has 0 aliphatic rings. The highest BCUT2D eigenvalue weighted by molar-refractivity contribution is 5.85. The first-order valence-corrected chi connectivity index (χ1v) is 9.25. The van der Waals surface area contributed by atoms with E-state index in [-0.39, 0.29) is 41.8 Å². The molecule has 0 heterocycles. The van der Waals surface area contributed by atoms with Crippen LogP contribution in [0.25, 0.3) is 0 Å². The molecule has 1 amide bonds. The molecule has 0 aromatic heterocycles. The molecule has 0 aliphatic heterocycles. The predicted molar refractivity (Wildman–Crippen MR) is 112 cm³/mol. The Morgan fingerprint density at radius 1 is 0.935 bits per heavy atom. The number of nitro benzene ring substituents is 2. The fourth-order valence-corrected chi connectivity index (χ4v) is 2.47. The second-order valence-corrected chi connectivity index (χ2v) is 7.49. The van der Waals surface area contributed by atoms with Gasteiger partial charge >= 0.3 is 17.5 Å². The molecule has 166 valence electrons. The Morgan fingerprint density at radius 3 is 2.13 bits per heavy atom. The Hall–Kier alpha value is -3.89. The number of aryl methyl sites for hydroxylation is 1. The average Bonchev–Trinajstić information content (AvgIpc) is 2.64. The van der Waals surface area contributed by atoms with Gasteiger partial charge in [0.2, 0.25) is 0 Å². The van der Waals surface area contributed by atoms with Crippen molar-refractivity contribution < 1.29 is 28.9 Å². The third kappa shape index (κ3) is 7.14. The van der Waals surface area contributed by atoms with Gasteiger partial charge in [0, 0.05) is 12.1 Å². The van der Waals surface area contributed by atoms with Crippen molar-refractivity contribution in [2.75, 3.05) is 18.5 Å². The molecule has 31 heavy (non-hydrogen) atoms. The smallest absolute Gasteiger partial charge is 0.412 e. The fraction of sp³-hybridized carbons (Fsp3) is 0.350. The number of hydrogen-bond acceptors (Lipinski definition) is 8. The van der Waals surface area contributed by atoms with Gasteiger partial charge in [-0.1, -0.05) is 6.07 Å². The summed E-state index contributed by atoms with van der Waals surface area (Å²) in [7, 11) is 0. The van der Waals surface area contributed by atoms with Crippen LogP contribution in [0.4, 0.5) is 21.9 Å². The molecular weight excluding hydrogens is 410 g/mol. The predicted octanol–water partition coefficient (Wildman–Crippen LogP) is 4.62. The zero-order valence-electron chi connectivity index (χ0n) is 17.5. The number of nitro groups is 2. The number of nitrogens with zero attached hydrogens (tertiary/aromatic N) is 2. The van der Waals surface area contributed by atoms with Crippen molar-refractivity contribution in [3.05, 3.63) is 62.2 Å². The van der Waals surface area contributed by atoms with Crippen molar-refractivity contribution >= 4 is 23.2 Å². The zero-order chi connectivity index (χ0) is 23.2. The number of carbonyl (C=O) groups excluding carboxylic acids is 1. The van der Waals surface area contributed by atoms with E-state index >= 15 is 0 Å². The Labute approximate surface area is 178 Å². The molecule has 0 unspecified atom stereocenters. The number of rotatable bonds is 8. The molecule has 2 aromatic rings. The lowest BCUT2D eigenvalue weighted by Crippen LogP contribution is -2.27. The highest BCUT2D eigenvalue weighted by atomic mass is 16.6. The van der Waals surface area contributed by atoms with Gasteiger partial charge in [-0.15, -0.1) is 0 Å². The van der Waals surface area contributed by atoms with Gasteiger partial charge in [0.1, 0.15) is 18.8 Å². The summed E-state index contributed by atoms with van der Waals surface area (Å²) in [6.07, 6.45) is -0.747. The van der Waals surface area contributed by atoms with Gasteiger partial charge in [-0.05, 0) is 51.5 Å². The SMILES string of the molecule is Cc1ccc([N+](=O)[O-])c(OCCOc2ccc(NC(=O)OC(C)(C)C)cc2[N+](=O)[O-])c1. The first-order chi connectivity index (χ1) is 14.5. The molecule has 0 radical (unpaired) electrons. The van der Waals surface area contributed by atoms with E-state index in [1.165, 1.54) is 24.3 Å². The summed E-state index contributed by atoms with van der Waals surface area (Å²) in [6.45, 7) is 6.69. The molecule has 2 rings (SSSR count). The first kappa shape index (κ1) is 23.4. The van der Waals surface area contributed by atoms with Gasteiger partial charge < -0.3 is 14.2 Å². The Morgan fingerprint density at radius 2 is 1.55 bits per heavy atom. The molecule has 0 bridgehead atoms. The number of amides is 1. The summed E-state index contributed by atoms with van der Waals surface area (Å²) in [5.41, 5.74) is -0.319. The van der Waals surface area contributed by atoms with Gasteiger partial charge in [-0.3, -0.25) is 25.5 Å². The van der Waals surface area contributed by atoms with E-state index in [1.807, 2.05) is 0 Å². The van der Waals surface area contributed by atoms with E-state index in [2.05, 4.69) is 5.32 Å². The summed E-state index contributed by atoms with van der Waals surface area (Å²) in [5.74, 6) is 0.0436. The van der Waals surface area contributed by atoms with Crippen molar-refractivity contribution in [1.82, 2.24) is 0 Å². The van der Waals surface area contributed by atoms with Gasteiger partial charge in [-0.2, -0.15) is 0 Å². The van der Waals surface area contributed by atoms with Gasteiger partial charge in [-0.25, -0.2) is 4.79 Å². The first-order valence-electron chi connectivity index (χ1n) is 9.25. The second-order valence-electron chi connectivity index (χ2n) is 7.49. The second kappa shape index (κ2) is 9.74.